The number of benzene rings is 1. The first-order chi connectivity index (χ1) is 9.61. The summed E-state index contributed by atoms with van der Waals surface area (Å²) < 4.78 is 4.63. The number of carbonyl (C=O) groups excluding carboxylic acids is 1. The smallest absolute Gasteiger partial charge is 0.330 e. The molecular formula is C16H14ClNO2. The summed E-state index contributed by atoms with van der Waals surface area (Å²) in [5, 5.41) is 0.658. The summed E-state index contributed by atoms with van der Waals surface area (Å²) in [5.41, 5.74) is 3.64. The molecule has 20 heavy (non-hydrogen) atoms. The van der Waals surface area contributed by atoms with E-state index in [9.17, 15) is 4.79 Å². The average Bonchev–Trinajstić information content (AvgIpc) is 2.48. The van der Waals surface area contributed by atoms with Crippen molar-refractivity contribution in [2.24, 2.45) is 0 Å². The van der Waals surface area contributed by atoms with Gasteiger partial charge in [-0.2, -0.15) is 0 Å². The van der Waals surface area contributed by atoms with Gasteiger partial charge < -0.3 is 4.74 Å². The molecule has 0 bridgehead atoms. The molecule has 0 atom stereocenters. The normalized spacial score (nSPS) is 11.2. The second-order valence-corrected chi connectivity index (χ2v) is 4.69. The van der Waals surface area contributed by atoms with Crippen LogP contribution in [0.1, 0.15) is 12.5 Å². The highest BCUT2D eigenvalue weighted by molar-refractivity contribution is 6.33. The van der Waals surface area contributed by atoms with E-state index in [-0.39, 0.29) is 5.97 Å². The zero-order valence-electron chi connectivity index (χ0n) is 11.3. The zero-order chi connectivity index (χ0) is 14.5. The van der Waals surface area contributed by atoms with Crippen molar-refractivity contribution < 1.29 is 9.53 Å². The van der Waals surface area contributed by atoms with Gasteiger partial charge in [-0.05, 0) is 47.9 Å². The monoisotopic (exact) mass is 287 g/mol. The lowest BCUT2D eigenvalue weighted by atomic mass is 10.00. The Bertz CT molecular complexity index is 651. The number of hydrogen-bond acceptors (Lipinski definition) is 3. The number of ether oxygens (including phenoxy) is 1. The van der Waals surface area contributed by atoms with Gasteiger partial charge in [0.2, 0.25) is 0 Å². The molecule has 4 heteroatoms. The van der Waals surface area contributed by atoms with Gasteiger partial charge in [0.1, 0.15) is 0 Å². The highest BCUT2D eigenvalue weighted by Gasteiger charge is 2.07. The van der Waals surface area contributed by atoms with E-state index < -0.39 is 0 Å². The van der Waals surface area contributed by atoms with E-state index in [1.807, 2.05) is 37.3 Å². The van der Waals surface area contributed by atoms with Crippen molar-refractivity contribution in [1.29, 1.82) is 0 Å². The van der Waals surface area contributed by atoms with Crippen LogP contribution in [-0.4, -0.2) is 18.1 Å². The van der Waals surface area contributed by atoms with Gasteiger partial charge in [-0.1, -0.05) is 17.7 Å². The van der Waals surface area contributed by atoms with E-state index in [2.05, 4.69) is 9.72 Å². The van der Waals surface area contributed by atoms with Crippen LogP contribution in [0.25, 0.3) is 16.7 Å². The predicted octanol–water partition coefficient (Wildman–Crippen LogP) is 3.98. The topological polar surface area (TPSA) is 39.2 Å². The third kappa shape index (κ3) is 3.25. The summed E-state index contributed by atoms with van der Waals surface area (Å²) in [7, 11) is 1.36. The number of rotatable bonds is 3. The SMILES string of the molecule is COC(=O)/C=C(\C)c1ccc(Cl)c(-c2ccncc2)c1. The molecule has 0 spiro atoms. The third-order valence-corrected chi connectivity index (χ3v) is 3.28. The van der Waals surface area contributed by atoms with Crippen molar-refractivity contribution in [2.75, 3.05) is 7.11 Å². The second-order valence-electron chi connectivity index (χ2n) is 4.28. The van der Waals surface area contributed by atoms with Gasteiger partial charge >= 0.3 is 5.97 Å². The summed E-state index contributed by atoms with van der Waals surface area (Å²) in [4.78, 5) is 15.3. The Kier molecular flexibility index (Phi) is 4.53. The summed E-state index contributed by atoms with van der Waals surface area (Å²) in [6, 6.07) is 9.43. The van der Waals surface area contributed by atoms with Crippen LogP contribution >= 0.6 is 11.6 Å². The Morgan fingerprint density at radius 2 is 1.95 bits per heavy atom. The Labute approximate surface area is 122 Å². The predicted molar refractivity (Wildman–Crippen MR) is 80.4 cm³/mol. The molecule has 0 N–H and O–H groups in total. The lowest BCUT2D eigenvalue weighted by Gasteiger charge is -2.08. The summed E-state index contributed by atoms with van der Waals surface area (Å²) in [6.45, 7) is 1.86. The fourth-order valence-electron chi connectivity index (χ4n) is 1.84. The van der Waals surface area contributed by atoms with Crippen LogP contribution in [0.4, 0.5) is 0 Å². The number of methoxy groups -OCH3 is 1. The maximum Gasteiger partial charge on any atom is 0.330 e. The third-order valence-electron chi connectivity index (χ3n) is 2.95. The minimum Gasteiger partial charge on any atom is -0.466 e. The molecule has 0 radical (unpaired) electrons. The van der Waals surface area contributed by atoms with Gasteiger partial charge in [0, 0.05) is 29.1 Å². The van der Waals surface area contributed by atoms with Crippen molar-refractivity contribution in [3.63, 3.8) is 0 Å². The molecule has 1 aromatic carbocycles. The molecule has 1 aromatic heterocycles. The first kappa shape index (κ1) is 14.3. The quantitative estimate of drug-likeness (QED) is 0.633. The Balaban J connectivity index is 2.44. The van der Waals surface area contributed by atoms with Crippen LogP contribution in [0.15, 0.2) is 48.8 Å². The van der Waals surface area contributed by atoms with E-state index in [1.54, 1.807) is 12.4 Å². The van der Waals surface area contributed by atoms with Crippen molar-refractivity contribution in [3.8, 4) is 11.1 Å². The van der Waals surface area contributed by atoms with E-state index in [4.69, 9.17) is 11.6 Å². The molecule has 2 aromatic rings. The standard InChI is InChI=1S/C16H14ClNO2/c1-11(9-16(19)20-2)13-3-4-15(17)14(10-13)12-5-7-18-8-6-12/h3-10H,1-2H3/b11-9+. The lowest BCUT2D eigenvalue weighted by molar-refractivity contribution is -0.134. The molecule has 0 aliphatic rings. The van der Waals surface area contributed by atoms with Crippen molar-refractivity contribution in [1.82, 2.24) is 4.98 Å². The largest absolute Gasteiger partial charge is 0.466 e. The van der Waals surface area contributed by atoms with Crippen LogP contribution in [0, 0.1) is 0 Å². The minimum absolute atomic E-state index is 0.372. The highest BCUT2D eigenvalue weighted by Crippen LogP contribution is 2.30. The molecule has 1 heterocycles. The number of esters is 1. The minimum atomic E-state index is -0.372. The average molecular weight is 288 g/mol. The van der Waals surface area contributed by atoms with Crippen molar-refractivity contribution in [2.45, 2.75) is 6.92 Å². The van der Waals surface area contributed by atoms with Crippen molar-refractivity contribution in [3.05, 3.63) is 59.4 Å². The number of nitrogens with zero attached hydrogens (tertiary/aromatic N) is 1. The fourth-order valence-corrected chi connectivity index (χ4v) is 2.07. The Morgan fingerprint density at radius 3 is 2.60 bits per heavy atom. The van der Waals surface area contributed by atoms with Crippen molar-refractivity contribution >= 4 is 23.1 Å². The van der Waals surface area contributed by atoms with Gasteiger partial charge in [-0.3, -0.25) is 4.98 Å². The number of aromatic nitrogens is 1. The van der Waals surface area contributed by atoms with Gasteiger partial charge in [0.15, 0.2) is 0 Å². The summed E-state index contributed by atoms with van der Waals surface area (Å²) in [5.74, 6) is -0.372. The van der Waals surface area contributed by atoms with E-state index in [0.29, 0.717) is 5.02 Å². The molecule has 0 aliphatic carbocycles. The van der Waals surface area contributed by atoms with Crippen LogP contribution < -0.4 is 0 Å². The molecule has 0 amide bonds. The Hall–Kier alpha value is -2.13. The molecule has 102 valence electrons. The maximum absolute atomic E-state index is 11.3. The number of halogens is 1. The van der Waals surface area contributed by atoms with E-state index in [0.717, 1.165) is 22.3 Å². The number of allylic oxidation sites excluding steroid dienone is 1. The van der Waals surface area contributed by atoms with Gasteiger partial charge in [-0.25, -0.2) is 4.79 Å². The molecule has 0 aliphatic heterocycles. The first-order valence-electron chi connectivity index (χ1n) is 6.08. The lowest BCUT2D eigenvalue weighted by Crippen LogP contribution is -1.96. The molecule has 0 saturated heterocycles. The van der Waals surface area contributed by atoms with E-state index >= 15 is 0 Å². The molecule has 3 nitrogen and oxygen atoms in total. The molecule has 0 saturated carbocycles. The number of carbonyl (C=O) groups is 1. The highest BCUT2D eigenvalue weighted by atomic mass is 35.5. The zero-order valence-corrected chi connectivity index (χ0v) is 12.0. The van der Waals surface area contributed by atoms with Crippen LogP contribution in [0.5, 0.6) is 0 Å². The maximum atomic E-state index is 11.3. The fraction of sp³-hybridized carbons (Fsp3) is 0.125. The molecule has 0 unspecified atom stereocenters. The molecular weight excluding hydrogens is 274 g/mol. The van der Waals surface area contributed by atoms with Gasteiger partial charge in [-0.15, -0.1) is 0 Å². The molecule has 0 fully saturated rings. The van der Waals surface area contributed by atoms with E-state index in [1.165, 1.54) is 13.2 Å². The molecule has 2 rings (SSSR count). The Morgan fingerprint density at radius 1 is 1.25 bits per heavy atom. The summed E-state index contributed by atoms with van der Waals surface area (Å²) >= 11 is 6.24. The van der Waals surface area contributed by atoms with Gasteiger partial charge in [0.05, 0.1) is 7.11 Å². The number of hydrogen-bond donors (Lipinski definition) is 0. The van der Waals surface area contributed by atoms with Gasteiger partial charge in [0.25, 0.3) is 0 Å². The second kappa shape index (κ2) is 6.35. The first-order valence-corrected chi connectivity index (χ1v) is 6.46. The van der Waals surface area contributed by atoms with Crippen LogP contribution in [0.3, 0.4) is 0 Å². The summed E-state index contributed by atoms with van der Waals surface area (Å²) in [6.07, 6.45) is 4.89. The van der Waals surface area contributed by atoms with Crippen LogP contribution in [0.2, 0.25) is 5.02 Å². The number of pyridine rings is 1. The van der Waals surface area contributed by atoms with Crippen LogP contribution in [-0.2, 0) is 9.53 Å².